The first kappa shape index (κ1) is 20.3. The zero-order chi connectivity index (χ0) is 21.9. The molecular formula is C22H26N4O5. The van der Waals surface area contributed by atoms with Crippen molar-refractivity contribution < 1.29 is 24.1 Å². The Kier molecular flexibility index (Phi) is 4.58. The standard InChI is InChI=1S/C22H26N4O5/c1-20(2)30-18-16(12-28-11-14-7-5-4-6-8-14)29-22(27,21(18,3)31-20)17-10-9-15-19(23)24-13-25-26(15)17/h4-10,13,16,18,27H,11-12H2,1-3H3,(H2,23,24,25)/t16-,18-,21-,22?/m1/s1. The number of nitrogens with two attached hydrogens (primary N) is 1. The minimum Gasteiger partial charge on any atom is -0.382 e. The van der Waals surface area contributed by atoms with Gasteiger partial charge in [0.25, 0.3) is 0 Å². The van der Waals surface area contributed by atoms with Crippen LogP contribution in [0.3, 0.4) is 0 Å². The molecule has 31 heavy (non-hydrogen) atoms. The van der Waals surface area contributed by atoms with Crippen LogP contribution in [0.5, 0.6) is 0 Å². The smallest absolute Gasteiger partial charge is 0.243 e. The van der Waals surface area contributed by atoms with Crippen LogP contribution in [0.15, 0.2) is 48.8 Å². The molecule has 0 radical (unpaired) electrons. The lowest BCUT2D eigenvalue weighted by Gasteiger charge is -2.36. The summed E-state index contributed by atoms with van der Waals surface area (Å²) < 4.78 is 26.0. The van der Waals surface area contributed by atoms with E-state index >= 15 is 0 Å². The van der Waals surface area contributed by atoms with Gasteiger partial charge in [-0.25, -0.2) is 9.50 Å². The number of rotatable bonds is 5. The van der Waals surface area contributed by atoms with Gasteiger partial charge in [0.05, 0.1) is 13.2 Å². The van der Waals surface area contributed by atoms with Gasteiger partial charge >= 0.3 is 0 Å². The van der Waals surface area contributed by atoms with Crippen LogP contribution in [0.4, 0.5) is 5.82 Å². The van der Waals surface area contributed by atoms with Gasteiger partial charge in [-0.15, -0.1) is 0 Å². The summed E-state index contributed by atoms with van der Waals surface area (Å²) in [6.45, 7) is 6.06. The maximum Gasteiger partial charge on any atom is 0.243 e. The van der Waals surface area contributed by atoms with E-state index in [-0.39, 0.29) is 6.61 Å². The minimum atomic E-state index is -1.85. The van der Waals surface area contributed by atoms with E-state index in [1.165, 1.54) is 10.8 Å². The lowest BCUT2D eigenvalue weighted by Crippen LogP contribution is -2.52. The van der Waals surface area contributed by atoms with E-state index in [1.54, 1.807) is 19.1 Å². The van der Waals surface area contributed by atoms with Gasteiger partial charge in [0.1, 0.15) is 29.7 Å². The SMILES string of the molecule is CC1(C)O[C@@H]2[C@@H](COCc3ccccc3)OC(O)(c3ccc4c(N)ncnn34)[C@]2(C)O1. The second kappa shape index (κ2) is 6.98. The molecule has 9 nitrogen and oxygen atoms in total. The number of nitrogen functional groups attached to an aromatic ring is 1. The molecule has 0 aliphatic carbocycles. The maximum atomic E-state index is 11.9. The van der Waals surface area contributed by atoms with Gasteiger partial charge in [0.15, 0.2) is 17.2 Å². The molecule has 2 aliphatic rings. The van der Waals surface area contributed by atoms with Gasteiger partial charge in [0, 0.05) is 0 Å². The fourth-order valence-corrected chi connectivity index (χ4v) is 4.61. The first-order valence-electron chi connectivity index (χ1n) is 10.2. The third-order valence-corrected chi connectivity index (χ3v) is 5.97. The fraction of sp³-hybridized carbons (Fsp3) is 0.455. The lowest BCUT2D eigenvalue weighted by molar-refractivity contribution is -0.312. The molecule has 164 valence electrons. The maximum absolute atomic E-state index is 11.9. The van der Waals surface area contributed by atoms with Gasteiger partial charge in [-0.2, -0.15) is 5.10 Å². The van der Waals surface area contributed by atoms with Crippen LogP contribution in [-0.4, -0.2) is 49.9 Å². The molecule has 0 bridgehead atoms. The Morgan fingerprint density at radius 1 is 1.13 bits per heavy atom. The number of benzene rings is 1. The van der Waals surface area contributed by atoms with Crippen molar-refractivity contribution in [3.05, 3.63) is 60.0 Å². The van der Waals surface area contributed by atoms with E-state index in [4.69, 9.17) is 24.7 Å². The Morgan fingerprint density at radius 3 is 2.68 bits per heavy atom. The number of anilines is 1. The topological polar surface area (TPSA) is 113 Å². The Hall–Kier alpha value is -2.56. The van der Waals surface area contributed by atoms with Crippen LogP contribution in [0, 0.1) is 0 Å². The Morgan fingerprint density at radius 2 is 1.90 bits per heavy atom. The van der Waals surface area contributed by atoms with Crippen molar-refractivity contribution in [2.45, 2.75) is 56.8 Å². The largest absolute Gasteiger partial charge is 0.382 e. The number of ether oxygens (including phenoxy) is 4. The van der Waals surface area contributed by atoms with Gasteiger partial charge in [-0.3, -0.25) is 0 Å². The third kappa shape index (κ3) is 3.12. The number of nitrogens with zero attached hydrogens (tertiary/aromatic N) is 3. The van der Waals surface area contributed by atoms with E-state index in [0.29, 0.717) is 23.6 Å². The first-order chi connectivity index (χ1) is 14.7. The van der Waals surface area contributed by atoms with Crippen LogP contribution in [-0.2, 0) is 31.3 Å². The van der Waals surface area contributed by atoms with Crippen molar-refractivity contribution >= 4 is 11.3 Å². The van der Waals surface area contributed by atoms with Crippen LogP contribution in [0.2, 0.25) is 0 Å². The Labute approximate surface area is 179 Å². The zero-order valence-electron chi connectivity index (χ0n) is 17.7. The normalized spacial score (nSPS) is 31.9. The zero-order valence-corrected chi connectivity index (χ0v) is 17.7. The third-order valence-electron chi connectivity index (χ3n) is 5.97. The fourth-order valence-electron chi connectivity index (χ4n) is 4.61. The summed E-state index contributed by atoms with van der Waals surface area (Å²) in [6.07, 6.45) is 0.207. The molecule has 9 heteroatoms. The molecule has 4 heterocycles. The van der Waals surface area contributed by atoms with E-state index in [1.807, 2.05) is 44.2 Å². The molecule has 2 aliphatic heterocycles. The second-order valence-electron chi connectivity index (χ2n) is 8.61. The quantitative estimate of drug-likeness (QED) is 0.637. The van der Waals surface area contributed by atoms with Crippen molar-refractivity contribution in [1.29, 1.82) is 0 Å². The summed E-state index contributed by atoms with van der Waals surface area (Å²) in [7, 11) is 0. The molecule has 0 amide bonds. The monoisotopic (exact) mass is 426 g/mol. The molecule has 0 saturated carbocycles. The average Bonchev–Trinajstić information content (AvgIpc) is 3.33. The van der Waals surface area contributed by atoms with E-state index in [0.717, 1.165) is 5.56 Å². The Bertz CT molecular complexity index is 1100. The molecule has 2 fully saturated rings. The van der Waals surface area contributed by atoms with Gasteiger partial charge in [0.2, 0.25) is 5.79 Å². The van der Waals surface area contributed by atoms with Gasteiger partial charge in [-0.05, 0) is 38.5 Å². The molecule has 1 unspecified atom stereocenters. The summed E-state index contributed by atoms with van der Waals surface area (Å²) in [5.74, 6) is -2.45. The predicted molar refractivity (Wildman–Crippen MR) is 111 cm³/mol. The highest BCUT2D eigenvalue weighted by Crippen LogP contribution is 2.55. The van der Waals surface area contributed by atoms with Crippen molar-refractivity contribution in [3.63, 3.8) is 0 Å². The second-order valence-corrected chi connectivity index (χ2v) is 8.61. The number of hydrogen-bond donors (Lipinski definition) is 2. The Balaban J connectivity index is 1.48. The molecule has 5 rings (SSSR count). The van der Waals surface area contributed by atoms with E-state index in [2.05, 4.69) is 10.1 Å². The predicted octanol–water partition coefficient (Wildman–Crippen LogP) is 1.98. The highest BCUT2D eigenvalue weighted by molar-refractivity contribution is 5.65. The van der Waals surface area contributed by atoms with Crippen molar-refractivity contribution in [2.24, 2.45) is 0 Å². The van der Waals surface area contributed by atoms with Gasteiger partial charge < -0.3 is 29.8 Å². The summed E-state index contributed by atoms with van der Waals surface area (Å²) in [5.41, 5.74) is 6.77. The lowest BCUT2D eigenvalue weighted by atomic mass is 9.88. The molecule has 1 aromatic carbocycles. The summed E-state index contributed by atoms with van der Waals surface area (Å²) in [6, 6.07) is 13.3. The van der Waals surface area contributed by atoms with Gasteiger partial charge in [-0.1, -0.05) is 30.3 Å². The summed E-state index contributed by atoms with van der Waals surface area (Å²) in [4.78, 5) is 4.01. The molecule has 3 N–H and O–H groups in total. The number of hydrogen-bond acceptors (Lipinski definition) is 8. The molecule has 4 atom stereocenters. The number of aliphatic hydroxyl groups is 1. The average molecular weight is 426 g/mol. The molecular weight excluding hydrogens is 400 g/mol. The van der Waals surface area contributed by atoms with Crippen LogP contribution < -0.4 is 5.73 Å². The molecule has 0 spiro atoms. The van der Waals surface area contributed by atoms with E-state index < -0.39 is 29.4 Å². The van der Waals surface area contributed by atoms with Crippen LogP contribution >= 0.6 is 0 Å². The van der Waals surface area contributed by atoms with Crippen LogP contribution in [0.1, 0.15) is 32.0 Å². The van der Waals surface area contributed by atoms with Crippen molar-refractivity contribution in [1.82, 2.24) is 14.6 Å². The van der Waals surface area contributed by atoms with Crippen molar-refractivity contribution in [3.8, 4) is 0 Å². The number of aromatic nitrogens is 3. The van der Waals surface area contributed by atoms with Crippen LogP contribution in [0.25, 0.3) is 5.52 Å². The first-order valence-corrected chi connectivity index (χ1v) is 10.2. The van der Waals surface area contributed by atoms with Crippen molar-refractivity contribution in [2.75, 3.05) is 12.3 Å². The highest BCUT2D eigenvalue weighted by Gasteiger charge is 2.72. The molecule has 2 saturated heterocycles. The highest BCUT2D eigenvalue weighted by atomic mass is 16.8. The molecule has 3 aromatic rings. The summed E-state index contributed by atoms with van der Waals surface area (Å²) >= 11 is 0. The number of fused-ring (bicyclic) bond motifs is 2. The summed E-state index contributed by atoms with van der Waals surface area (Å²) in [5, 5.41) is 16.1. The minimum absolute atomic E-state index is 0.220. The van der Waals surface area contributed by atoms with E-state index in [9.17, 15) is 5.11 Å². The molecule has 2 aromatic heterocycles.